The van der Waals surface area contributed by atoms with Gasteiger partial charge in [-0.1, -0.05) is 20.8 Å². The van der Waals surface area contributed by atoms with Crippen molar-refractivity contribution in [2.45, 2.75) is 20.8 Å². The van der Waals surface area contributed by atoms with E-state index in [2.05, 4.69) is 47.4 Å². The quantitative estimate of drug-likeness (QED) is 0.755. The van der Waals surface area contributed by atoms with Gasteiger partial charge < -0.3 is 19.6 Å². The van der Waals surface area contributed by atoms with Gasteiger partial charge in [-0.3, -0.25) is 0 Å². The molecule has 0 aromatic heterocycles. The van der Waals surface area contributed by atoms with Crippen LogP contribution in [0.3, 0.4) is 0 Å². The molecular weight excluding hydrogens is 236 g/mol. The first kappa shape index (κ1) is 16.9. The lowest BCUT2D eigenvalue weighted by molar-refractivity contribution is 0.150. The van der Waals surface area contributed by atoms with Crippen LogP contribution in [0.25, 0.3) is 0 Å². The van der Waals surface area contributed by atoms with Crippen LogP contribution in [0.15, 0.2) is 0 Å². The van der Waals surface area contributed by atoms with Gasteiger partial charge in [0.05, 0.1) is 0 Å². The Kier molecular flexibility index (Phi) is 8.62. The highest BCUT2D eigenvalue weighted by molar-refractivity contribution is 4.68. The fourth-order valence-corrected chi connectivity index (χ4v) is 2.59. The zero-order valence-corrected chi connectivity index (χ0v) is 13.6. The molecule has 1 rings (SSSR count). The topological polar surface area (TPSA) is 13.0 Å². The molecule has 4 heteroatoms. The molecule has 1 aliphatic heterocycles. The van der Waals surface area contributed by atoms with E-state index in [4.69, 9.17) is 0 Å². The molecule has 0 spiro atoms. The maximum Gasteiger partial charge on any atom is 0.0110 e. The van der Waals surface area contributed by atoms with Crippen molar-refractivity contribution < 1.29 is 0 Å². The molecule has 1 saturated heterocycles. The van der Waals surface area contributed by atoms with E-state index in [-0.39, 0.29) is 0 Å². The molecule has 0 atom stereocenters. The second kappa shape index (κ2) is 9.70. The smallest absolute Gasteiger partial charge is 0.0110 e. The first-order valence-corrected chi connectivity index (χ1v) is 8.05. The molecule has 0 amide bonds. The Hall–Kier alpha value is -0.160. The minimum absolute atomic E-state index is 1.17. The highest BCUT2D eigenvalue weighted by Crippen LogP contribution is 1.98. The summed E-state index contributed by atoms with van der Waals surface area (Å²) in [7, 11) is 2.26. The Morgan fingerprint density at radius 3 is 1.05 bits per heavy atom. The van der Waals surface area contributed by atoms with Crippen LogP contribution >= 0.6 is 0 Å². The van der Waals surface area contributed by atoms with Gasteiger partial charge in [0.2, 0.25) is 0 Å². The standard InChI is InChI=1S/C15H34N4/c1-5-17-10-8-16(4)9-11-18(6-2)13-15-19(7-3)14-12-17/h5-15H2,1-4H3. The van der Waals surface area contributed by atoms with Crippen LogP contribution in [-0.4, -0.2) is 98.6 Å². The maximum atomic E-state index is 2.59. The van der Waals surface area contributed by atoms with Gasteiger partial charge in [-0.15, -0.1) is 0 Å². The summed E-state index contributed by atoms with van der Waals surface area (Å²) in [5.74, 6) is 0. The van der Waals surface area contributed by atoms with E-state index in [1.807, 2.05) is 0 Å². The van der Waals surface area contributed by atoms with Gasteiger partial charge in [0, 0.05) is 52.4 Å². The molecule has 0 unspecified atom stereocenters. The third kappa shape index (κ3) is 6.70. The molecule has 0 aliphatic carbocycles. The van der Waals surface area contributed by atoms with Crippen LogP contribution in [-0.2, 0) is 0 Å². The number of hydrogen-bond donors (Lipinski definition) is 0. The molecule has 1 aliphatic rings. The lowest BCUT2D eigenvalue weighted by Crippen LogP contribution is -2.44. The highest BCUT2D eigenvalue weighted by atomic mass is 15.3. The molecular formula is C15H34N4. The fourth-order valence-electron chi connectivity index (χ4n) is 2.59. The molecule has 0 aromatic rings. The van der Waals surface area contributed by atoms with Gasteiger partial charge in [-0.2, -0.15) is 0 Å². The monoisotopic (exact) mass is 270 g/mol. The van der Waals surface area contributed by atoms with Gasteiger partial charge in [-0.25, -0.2) is 0 Å². The van der Waals surface area contributed by atoms with Crippen LogP contribution in [0.4, 0.5) is 0 Å². The van der Waals surface area contributed by atoms with Gasteiger partial charge in [-0.05, 0) is 26.7 Å². The third-order valence-electron chi connectivity index (χ3n) is 4.40. The Bertz CT molecular complexity index is 202. The minimum Gasteiger partial charge on any atom is -0.304 e. The molecule has 114 valence electrons. The zero-order chi connectivity index (χ0) is 14.1. The first-order valence-electron chi connectivity index (χ1n) is 8.05. The lowest BCUT2D eigenvalue weighted by Gasteiger charge is -2.32. The number of nitrogens with zero attached hydrogens (tertiary/aromatic N) is 4. The Balaban J connectivity index is 2.53. The second-order valence-corrected chi connectivity index (χ2v) is 5.61. The maximum absolute atomic E-state index is 2.59. The predicted octanol–water partition coefficient (Wildman–Crippen LogP) is 0.898. The van der Waals surface area contributed by atoms with E-state index < -0.39 is 0 Å². The van der Waals surface area contributed by atoms with Crippen molar-refractivity contribution >= 4 is 0 Å². The number of likely N-dealkylation sites (N-methyl/N-ethyl adjacent to an activating group) is 4. The largest absolute Gasteiger partial charge is 0.304 e. The van der Waals surface area contributed by atoms with E-state index >= 15 is 0 Å². The summed E-state index contributed by atoms with van der Waals surface area (Å²) < 4.78 is 0. The SMILES string of the molecule is CCN1CCN(C)CCN(CC)CCN(CC)CC1. The summed E-state index contributed by atoms with van der Waals surface area (Å²) in [6.07, 6.45) is 0. The average Bonchev–Trinajstić information content (AvgIpc) is 2.43. The van der Waals surface area contributed by atoms with Crippen molar-refractivity contribution in [1.82, 2.24) is 19.6 Å². The fraction of sp³-hybridized carbons (Fsp3) is 1.00. The molecule has 0 saturated carbocycles. The second-order valence-electron chi connectivity index (χ2n) is 5.61. The third-order valence-corrected chi connectivity index (χ3v) is 4.40. The van der Waals surface area contributed by atoms with E-state index in [1.165, 1.54) is 72.0 Å². The summed E-state index contributed by atoms with van der Waals surface area (Å²) in [5, 5.41) is 0. The van der Waals surface area contributed by atoms with Crippen molar-refractivity contribution in [3.63, 3.8) is 0 Å². The molecule has 0 radical (unpaired) electrons. The van der Waals surface area contributed by atoms with Crippen molar-refractivity contribution in [3.05, 3.63) is 0 Å². The summed E-state index contributed by atoms with van der Waals surface area (Å²) in [4.78, 5) is 10.2. The van der Waals surface area contributed by atoms with Crippen molar-refractivity contribution in [1.29, 1.82) is 0 Å². The van der Waals surface area contributed by atoms with Crippen molar-refractivity contribution in [2.24, 2.45) is 0 Å². The van der Waals surface area contributed by atoms with Gasteiger partial charge in [0.25, 0.3) is 0 Å². The molecule has 0 N–H and O–H groups in total. The van der Waals surface area contributed by atoms with Crippen LogP contribution in [0.1, 0.15) is 20.8 Å². The molecule has 0 bridgehead atoms. The summed E-state index contributed by atoms with van der Waals surface area (Å²) in [6, 6.07) is 0. The van der Waals surface area contributed by atoms with E-state index in [0.29, 0.717) is 0 Å². The van der Waals surface area contributed by atoms with Crippen LogP contribution in [0.2, 0.25) is 0 Å². The Morgan fingerprint density at radius 1 is 0.526 bits per heavy atom. The van der Waals surface area contributed by atoms with Crippen LogP contribution < -0.4 is 0 Å². The van der Waals surface area contributed by atoms with Gasteiger partial charge in [0.1, 0.15) is 0 Å². The Labute approximate surface area is 120 Å². The molecule has 4 nitrogen and oxygen atoms in total. The molecule has 0 aromatic carbocycles. The Morgan fingerprint density at radius 2 is 0.789 bits per heavy atom. The first-order chi connectivity index (χ1) is 9.19. The summed E-state index contributed by atoms with van der Waals surface area (Å²) in [5.41, 5.74) is 0. The van der Waals surface area contributed by atoms with Crippen LogP contribution in [0.5, 0.6) is 0 Å². The van der Waals surface area contributed by atoms with Crippen molar-refractivity contribution in [3.8, 4) is 0 Å². The summed E-state index contributed by atoms with van der Waals surface area (Å²) >= 11 is 0. The predicted molar refractivity (Wildman–Crippen MR) is 83.8 cm³/mol. The van der Waals surface area contributed by atoms with Gasteiger partial charge >= 0.3 is 0 Å². The van der Waals surface area contributed by atoms with Crippen LogP contribution in [0, 0.1) is 0 Å². The van der Waals surface area contributed by atoms with Crippen molar-refractivity contribution in [2.75, 3.05) is 79.0 Å². The number of rotatable bonds is 3. The lowest BCUT2D eigenvalue weighted by atomic mass is 10.3. The van der Waals surface area contributed by atoms with Gasteiger partial charge in [0.15, 0.2) is 0 Å². The highest BCUT2D eigenvalue weighted by Gasteiger charge is 2.12. The average molecular weight is 270 g/mol. The zero-order valence-electron chi connectivity index (χ0n) is 13.6. The molecule has 1 fully saturated rings. The van der Waals surface area contributed by atoms with E-state index in [9.17, 15) is 0 Å². The number of hydrogen-bond acceptors (Lipinski definition) is 4. The normalized spacial score (nSPS) is 24.0. The van der Waals surface area contributed by atoms with E-state index in [1.54, 1.807) is 0 Å². The summed E-state index contributed by atoms with van der Waals surface area (Å²) in [6.45, 7) is 20.0. The molecule has 1 heterocycles. The molecule has 19 heavy (non-hydrogen) atoms. The van der Waals surface area contributed by atoms with E-state index in [0.717, 1.165) is 0 Å². The minimum atomic E-state index is 1.17.